The Morgan fingerprint density at radius 3 is 2.67 bits per heavy atom. The van der Waals surface area contributed by atoms with E-state index in [0.29, 0.717) is 10.9 Å². The van der Waals surface area contributed by atoms with Crippen molar-refractivity contribution in [2.45, 2.75) is 6.92 Å². The molecule has 1 aromatic heterocycles. The Labute approximate surface area is 138 Å². The SMILES string of the molecule is CCOC(=O)c1cnc2ccccc2c1OCC(=O)NC(=O)NC. The molecule has 3 amide bonds. The van der Waals surface area contributed by atoms with Crippen molar-refractivity contribution in [3.63, 3.8) is 0 Å². The van der Waals surface area contributed by atoms with Crippen LogP contribution in [0.3, 0.4) is 0 Å². The van der Waals surface area contributed by atoms with Gasteiger partial charge < -0.3 is 14.8 Å². The van der Waals surface area contributed by atoms with E-state index in [0.717, 1.165) is 0 Å². The molecule has 0 unspecified atom stereocenters. The molecule has 0 aliphatic heterocycles. The number of hydrogen-bond acceptors (Lipinski definition) is 6. The Kier molecular flexibility index (Phi) is 5.67. The predicted molar refractivity (Wildman–Crippen MR) is 85.8 cm³/mol. The first-order chi connectivity index (χ1) is 11.6. The summed E-state index contributed by atoms with van der Waals surface area (Å²) in [7, 11) is 1.39. The number of amides is 3. The van der Waals surface area contributed by atoms with Crippen molar-refractivity contribution < 1.29 is 23.9 Å². The number of hydrogen-bond donors (Lipinski definition) is 2. The fourth-order valence-corrected chi connectivity index (χ4v) is 1.99. The van der Waals surface area contributed by atoms with Crippen molar-refractivity contribution in [1.82, 2.24) is 15.6 Å². The highest BCUT2D eigenvalue weighted by Crippen LogP contribution is 2.28. The van der Waals surface area contributed by atoms with Crippen molar-refractivity contribution in [2.75, 3.05) is 20.3 Å². The first-order valence-corrected chi connectivity index (χ1v) is 7.26. The topological polar surface area (TPSA) is 107 Å². The van der Waals surface area contributed by atoms with Gasteiger partial charge in [0.1, 0.15) is 11.3 Å². The number of nitrogens with zero attached hydrogens (tertiary/aromatic N) is 1. The molecule has 2 rings (SSSR count). The van der Waals surface area contributed by atoms with E-state index in [1.807, 2.05) is 0 Å². The molecule has 0 aliphatic carbocycles. The maximum atomic E-state index is 12.1. The van der Waals surface area contributed by atoms with Gasteiger partial charge in [-0.1, -0.05) is 12.1 Å². The standard InChI is InChI=1S/C16H17N3O5/c1-3-23-15(21)11-8-18-12-7-5-4-6-10(12)14(11)24-9-13(20)19-16(22)17-2/h4-8H,3,9H2,1-2H3,(H2,17,19,20,22). The molecule has 0 bridgehead atoms. The largest absolute Gasteiger partial charge is 0.482 e. The van der Waals surface area contributed by atoms with Gasteiger partial charge >= 0.3 is 12.0 Å². The van der Waals surface area contributed by atoms with Crippen molar-refractivity contribution in [3.8, 4) is 5.75 Å². The number of rotatable bonds is 5. The van der Waals surface area contributed by atoms with Crippen molar-refractivity contribution >= 4 is 28.8 Å². The van der Waals surface area contributed by atoms with Crippen LogP contribution in [0.4, 0.5) is 4.79 Å². The minimum absolute atomic E-state index is 0.114. The van der Waals surface area contributed by atoms with Crippen LogP contribution in [0, 0.1) is 0 Å². The second kappa shape index (κ2) is 7.91. The average Bonchev–Trinajstić information content (AvgIpc) is 2.59. The normalized spacial score (nSPS) is 10.1. The molecule has 0 aliphatic rings. The molecule has 1 aromatic carbocycles. The highest BCUT2D eigenvalue weighted by atomic mass is 16.5. The van der Waals surface area contributed by atoms with Gasteiger partial charge in [0.05, 0.1) is 12.1 Å². The molecule has 0 fully saturated rings. The molecular formula is C16H17N3O5. The highest BCUT2D eigenvalue weighted by Gasteiger charge is 2.19. The second-order valence-electron chi connectivity index (χ2n) is 4.65. The Morgan fingerprint density at radius 1 is 1.21 bits per heavy atom. The highest BCUT2D eigenvalue weighted by molar-refractivity contribution is 6.00. The molecule has 0 saturated heterocycles. The number of pyridine rings is 1. The number of carbonyl (C=O) groups excluding carboxylic acids is 3. The van der Waals surface area contributed by atoms with Crippen molar-refractivity contribution in [1.29, 1.82) is 0 Å². The number of aromatic nitrogens is 1. The fourth-order valence-electron chi connectivity index (χ4n) is 1.99. The van der Waals surface area contributed by atoms with E-state index in [9.17, 15) is 14.4 Å². The number of imide groups is 1. The van der Waals surface area contributed by atoms with E-state index in [1.54, 1.807) is 31.2 Å². The third-order valence-electron chi connectivity index (χ3n) is 3.05. The Morgan fingerprint density at radius 2 is 1.96 bits per heavy atom. The van der Waals surface area contributed by atoms with Gasteiger partial charge in [-0.05, 0) is 19.1 Å². The average molecular weight is 331 g/mol. The molecule has 1 heterocycles. The van der Waals surface area contributed by atoms with Crippen molar-refractivity contribution in [3.05, 3.63) is 36.0 Å². The van der Waals surface area contributed by atoms with Crippen LogP contribution in [-0.2, 0) is 9.53 Å². The van der Waals surface area contributed by atoms with Crippen LogP contribution in [0.25, 0.3) is 10.9 Å². The van der Waals surface area contributed by atoms with E-state index in [2.05, 4.69) is 15.6 Å². The lowest BCUT2D eigenvalue weighted by molar-refractivity contribution is -0.122. The molecule has 8 nitrogen and oxygen atoms in total. The van der Waals surface area contributed by atoms with Gasteiger partial charge in [-0.2, -0.15) is 0 Å². The molecule has 2 aromatic rings. The van der Waals surface area contributed by atoms with Crippen LogP contribution >= 0.6 is 0 Å². The molecular weight excluding hydrogens is 314 g/mol. The first kappa shape index (κ1) is 17.2. The van der Waals surface area contributed by atoms with Gasteiger partial charge in [0, 0.05) is 18.6 Å². The van der Waals surface area contributed by atoms with E-state index < -0.39 is 24.5 Å². The van der Waals surface area contributed by atoms with Gasteiger partial charge in [0.2, 0.25) is 0 Å². The zero-order valence-electron chi connectivity index (χ0n) is 13.3. The monoisotopic (exact) mass is 331 g/mol. The summed E-state index contributed by atoms with van der Waals surface area (Å²) >= 11 is 0. The quantitative estimate of drug-likeness (QED) is 0.799. The summed E-state index contributed by atoms with van der Waals surface area (Å²) in [5.41, 5.74) is 0.718. The van der Waals surface area contributed by atoms with Crippen LogP contribution in [0.15, 0.2) is 30.5 Å². The van der Waals surface area contributed by atoms with Gasteiger partial charge in [-0.3, -0.25) is 15.1 Å². The molecule has 0 spiro atoms. The van der Waals surface area contributed by atoms with Crippen LogP contribution < -0.4 is 15.4 Å². The number of para-hydroxylation sites is 1. The number of nitrogens with one attached hydrogen (secondary N) is 2. The van der Waals surface area contributed by atoms with E-state index in [4.69, 9.17) is 9.47 Å². The summed E-state index contributed by atoms with van der Waals surface area (Å²) < 4.78 is 10.5. The lowest BCUT2D eigenvalue weighted by Crippen LogP contribution is -2.40. The molecule has 0 atom stereocenters. The Hall–Kier alpha value is -3.16. The lowest BCUT2D eigenvalue weighted by Gasteiger charge is -2.13. The number of esters is 1. The number of benzene rings is 1. The summed E-state index contributed by atoms with van der Waals surface area (Å²) in [5, 5.41) is 4.90. The summed E-state index contributed by atoms with van der Waals surface area (Å²) in [4.78, 5) is 39.1. The molecule has 24 heavy (non-hydrogen) atoms. The predicted octanol–water partition coefficient (Wildman–Crippen LogP) is 1.25. The van der Waals surface area contributed by atoms with Gasteiger partial charge in [0.15, 0.2) is 6.61 Å². The third kappa shape index (κ3) is 3.97. The van der Waals surface area contributed by atoms with E-state index >= 15 is 0 Å². The van der Waals surface area contributed by atoms with Crippen LogP contribution in [-0.4, -0.2) is 43.2 Å². The molecule has 8 heteroatoms. The van der Waals surface area contributed by atoms with E-state index in [-0.39, 0.29) is 17.9 Å². The van der Waals surface area contributed by atoms with Gasteiger partial charge in [0.25, 0.3) is 5.91 Å². The maximum absolute atomic E-state index is 12.1. The van der Waals surface area contributed by atoms with Gasteiger partial charge in [-0.15, -0.1) is 0 Å². The lowest BCUT2D eigenvalue weighted by atomic mass is 10.1. The maximum Gasteiger partial charge on any atom is 0.343 e. The molecule has 0 saturated carbocycles. The molecule has 2 N–H and O–H groups in total. The smallest absolute Gasteiger partial charge is 0.343 e. The van der Waals surface area contributed by atoms with Crippen LogP contribution in [0.5, 0.6) is 5.75 Å². The molecule has 126 valence electrons. The first-order valence-electron chi connectivity index (χ1n) is 7.26. The number of urea groups is 1. The Bertz CT molecular complexity index is 775. The zero-order valence-corrected chi connectivity index (χ0v) is 13.3. The van der Waals surface area contributed by atoms with E-state index in [1.165, 1.54) is 13.2 Å². The third-order valence-corrected chi connectivity index (χ3v) is 3.05. The van der Waals surface area contributed by atoms with Crippen LogP contribution in [0.2, 0.25) is 0 Å². The summed E-state index contributed by atoms with van der Waals surface area (Å²) in [5.74, 6) is -1.06. The number of carbonyl (C=O) groups is 3. The van der Waals surface area contributed by atoms with Crippen molar-refractivity contribution in [2.24, 2.45) is 0 Å². The zero-order chi connectivity index (χ0) is 17.5. The Balaban J connectivity index is 2.31. The fraction of sp³-hybridized carbons (Fsp3) is 0.250. The summed E-state index contributed by atoms with van der Waals surface area (Å²) in [6, 6.07) is 6.38. The summed E-state index contributed by atoms with van der Waals surface area (Å²) in [6.45, 7) is 1.44. The number of ether oxygens (including phenoxy) is 2. The van der Waals surface area contributed by atoms with Crippen LogP contribution in [0.1, 0.15) is 17.3 Å². The van der Waals surface area contributed by atoms with Gasteiger partial charge in [-0.25, -0.2) is 9.59 Å². The summed E-state index contributed by atoms with van der Waals surface area (Å²) in [6.07, 6.45) is 1.34. The molecule has 0 radical (unpaired) electrons. The number of fused-ring (bicyclic) bond motifs is 1. The second-order valence-corrected chi connectivity index (χ2v) is 4.65. The minimum Gasteiger partial charge on any atom is -0.482 e. The minimum atomic E-state index is -0.648.